The van der Waals surface area contributed by atoms with Gasteiger partial charge in [-0.3, -0.25) is 4.79 Å². The number of nitrogens with one attached hydrogen (secondary N) is 1. The molecule has 0 bridgehead atoms. The molecule has 0 unspecified atom stereocenters. The van der Waals surface area contributed by atoms with Gasteiger partial charge in [0.05, 0.1) is 10.6 Å². The second-order valence-corrected chi connectivity index (χ2v) is 8.72. The fraction of sp³-hybridized carbons (Fsp3) is 0.208. The highest BCUT2D eigenvalue weighted by Gasteiger charge is 2.20. The van der Waals surface area contributed by atoms with Gasteiger partial charge in [-0.05, 0) is 54.9 Å². The lowest BCUT2D eigenvalue weighted by atomic mass is 10.2. The Morgan fingerprint density at radius 2 is 1.66 bits per heavy atom. The van der Waals surface area contributed by atoms with Crippen molar-refractivity contribution >= 4 is 28.6 Å². The fourth-order valence-corrected chi connectivity index (χ4v) is 4.43. The van der Waals surface area contributed by atoms with Crippen LogP contribution >= 0.6 is 11.3 Å². The number of hydrogen-bond donors (Lipinski definition) is 1. The van der Waals surface area contributed by atoms with Gasteiger partial charge in [0.15, 0.2) is 5.82 Å². The van der Waals surface area contributed by atoms with E-state index in [4.69, 9.17) is 0 Å². The molecular formula is C24H24N6OS. The molecule has 7 nitrogen and oxygen atoms in total. The fourth-order valence-electron chi connectivity index (χ4n) is 3.73. The third-order valence-corrected chi connectivity index (χ3v) is 6.41. The van der Waals surface area contributed by atoms with Gasteiger partial charge in [0.25, 0.3) is 5.91 Å². The molecular weight excluding hydrogens is 420 g/mol. The SMILES string of the molecule is CN1CCN(c2ccc(NC(=O)c3nc(-c4cccs4)n(-c4ccccc4)n3)cc2)CC1. The molecule has 0 spiro atoms. The standard InChI is InChI=1S/C24H24N6OS/c1-28-13-15-29(16-14-28)19-11-9-18(10-12-19)25-24(31)22-26-23(21-8-5-17-32-21)30(27-22)20-6-3-2-4-7-20/h2-12,17H,13-16H2,1H3,(H,25,31). The number of carbonyl (C=O) groups is 1. The van der Waals surface area contributed by atoms with Crippen molar-refractivity contribution in [3.63, 3.8) is 0 Å². The van der Waals surface area contributed by atoms with Crippen LogP contribution in [0.25, 0.3) is 16.4 Å². The summed E-state index contributed by atoms with van der Waals surface area (Å²) in [5.41, 5.74) is 2.75. The Bertz CT molecular complexity index is 1180. The van der Waals surface area contributed by atoms with Crippen molar-refractivity contribution < 1.29 is 4.79 Å². The van der Waals surface area contributed by atoms with Gasteiger partial charge in [0.2, 0.25) is 5.82 Å². The topological polar surface area (TPSA) is 66.3 Å². The Kier molecular flexibility index (Phi) is 5.70. The van der Waals surface area contributed by atoms with Crippen molar-refractivity contribution in [2.24, 2.45) is 0 Å². The number of amides is 1. The zero-order chi connectivity index (χ0) is 21.9. The number of likely N-dealkylation sites (N-methyl/N-ethyl adjacent to an activating group) is 1. The van der Waals surface area contributed by atoms with Crippen molar-refractivity contribution in [2.75, 3.05) is 43.4 Å². The van der Waals surface area contributed by atoms with E-state index in [9.17, 15) is 4.79 Å². The number of anilines is 2. The molecule has 2 aromatic carbocycles. The van der Waals surface area contributed by atoms with Crippen LogP contribution in [0.5, 0.6) is 0 Å². The number of thiophene rings is 1. The molecule has 1 saturated heterocycles. The molecule has 0 aliphatic carbocycles. The second-order valence-electron chi connectivity index (χ2n) is 7.77. The van der Waals surface area contributed by atoms with E-state index in [-0.39, 0.29) is 11.7 Å². The Hall–Kier alpha value is -3.49. The molecule has 32 heavy (non-hydrogen) atoms. The number of piperazine rings is 1. The van der Waals surface area contributed by atoms with Gasteiger partial charge in [0, 0.05) is 37.6 Å². The average molecular weight is 445 g/mol. The summed E-state index contributed by atoms with van der Waals surface area (Å²) in [6.07, 6.45) is 0. The molecule has 0 saturated carbocycles. The van der Waals surface area contributed by atoms with E-state index in [0.29, 0.717) is 5.82 Å². The highest BCUT2D eigenvalue weighted by Crippen LogP contribution is 2.26. The van der Waals surface area contributed by atoms with Crippen LogP contribution < -0.4 is 10.2 Å². The second kappa shape index (κ2) is 8.94. The third kappa shape index (κ3) is 4.28. The summed E-state index contributed by atoms with van der Waals surface area (Å²) in [5, 5.41) is 9.44. The summed E-state index contributed by atoms with van der Waals surface area (Å²) in [4.78, 5) is 23.2. The molecule has 1 aliphatic heterocycles. The highest BCUT2D eigenvalue weighted by atomic mass is 32.1. The first kappa shape index (κ1) is 20.4. The smallest absolute Gasteiger partial charge is 0.295 e. The van der Waals surface area contributed by atoms with E-state index in [1.807, 2.05) is 72.1 Å². The van der Waals surface area contributed by atoms with Crippen molar-refractivity contribution in [2.45, 2.75) is 0 Å². The van der Waals surface area contributed by atoms with E-state index in [0.717, 1.165) is 42.4 Å². The molecule has 0 radical (unpaired) electrons. The van der Waals surface area contributed by atoms with Gasteiger partial charge in [-0.2, -0.15) is 0 Å². The first-order chi connectivity index (χ1) is 15.7. The molecule has 1 aliphatic rings. The van der Waals surface area contributed by atoms with Crippen LogP contribution in [0.4, 0.5) is 11.4 Å². The maximum absolute atomic E-state index is 12.9. The summed E-state index contributed by atoms with van der Waals surface area (Å²) >= 11 is 1.57. The van der Waals surface area contributed by atoms with Gasteiger partial charge in [0.1, 0.15) is 0 Å². The number of rotatable bonds is 5. The van der Waals surface area contributed by atoms with E-state index in [2.05, 4.69) is 32.2 Å². The Balaban J connectivity index is 1.36. The van der Waals surface area contributed by atoms with Crippen molar-refractivity contribution in [1.82, 2.24) is 19.7 Å². The molecule has 1 N–H and O–H groups in total. The van der Waals surface area contributed by atoms with E-state index < -0.39 is 0 Å². The number of benzene rings is 2. The summed E-state index contributed by atoms with van der Waals surface area (Å²) in [6.45, 7) is 4.13. The van der Waals surface area contributed by atoms with Crippen LogP contribution in [0.1, 0.15) is 10.6 Å². The largest absolute Gasteiger partial charge is 0.369 e. The maximum Gasteiger partial charge on any atom is 0.295 e. The number of nitrogens with zero attached hydrogens (tertiary/aromatic N) is 5. The Morgan fingerprint density at radius 3 is 2.34 bits per heavy atom. The van der Waals surface area contributed by atoms with Crippen LogP contribution in [0.2, 0.25) is 0 Å². The number of para-hydroxylation sites is 1. The van der Waals surface area contributed by atoms with Crippen LogP contribution in [-0.2, 0) is 0 Å². The minimum Gasteiger partial charge on any atom is -0.369 e. The summed E-state index contributed by atoms with van der Waals surface area (Å²) in [5.74, 6) is 0.465. The molecule has 5 rings (SSSR count). The lowest BCUT2D eigenvalue weighted by Crippen LogP contribution is -2.44. The summed E-state index contributed by atoms with van der Waals surface area (Å²) < 4.78 is 1.72. The van der Waals surface area contributed by atoms with Crippen LogP contribution in [-0.4, -0.2) is 58.8 Å². The summed E-state index contributed by atoms with van der Waals surface area (Å²) in [7, 11) is 2.15. The minimum absolute atomic E-state index is 0.139. The molecule has 3 heterocycles. The van der Waals surface area contributed by atoms with E-state index in [1.54, 1.807) is 16.0 Å². The molecule has 0 atom stereocenters. The first-order valence-corrected chi connectivity index (χ1v) is 11.5. The molecule has 1 amide bonds. The molecule has 162 valence electrons. The zero-order valence-electron chi connectivity index (χ0n) is 17.8. The van der Waals surface area contributed by atoms with Gasteiger partial charge >= 0.3 is 0 Å². The number of carbonyl (C=O) groups excluding carboxylic acids is 1. The molecule has 8 heteroatoms. The Morgan fingerprint density at radius 1 is 0.906 bits per heavy atom. The van der Waals surface area contributed by atoms with Crippen molar-refractivity contribution in [3.8, 4) is 16.4 Å². The number of hydrogen-bond acceptors (Lipinski definition) is 6. The molecule has 4 aromatic rings. The van der Waals surface area contributed by atoms with Crippen LogP contribution in [0.15, 0.2) is 72.1 Å². The lowest BCUT2D eigenvalue weighted by molar-refractivity contribution is 0.101. The normalized spacial score (nSPS) is 14.5. The van der Waals surface area contributed by atoms with Gasteiger partial charge in [-0.15, -0.1) is 16.4 Å². The first-order valence-electron chi connectivity index (χ1n) is 10.6. The van der Waals surface area contributed by atoms with Crippen LogP contribution in [0.3, 0.4) is 0 Å². The summed E-state index contributed by atoms with van der Waals surface area (Å²) in [6, 6.07) is 21.6. The Labute approximate surface area is 190 Å². The monoisotopic (exact) mass is 444 g/mol. The van der Waals surface area contributed by atoms with Crippen molar-refractivity contribution in [3.05, 3.63) is 77.9 Å². The highest BCUT2D eigenvalue weighted by molar-refractivity contribution is 7.13. The maximum atomic E-state index is 12.9. The zero-order valence-corrected chi connectivity index (χ0v) is 18.6. The van der Waals surface area contributed by atoms with E-state index >= 15 is 0 Å². The third-order valence-electron chi connectivity index (χ3n) is 5.55. The predicted molar refractivity (Wildman–Crippen MR) is 129 cm³/mol. The minimum atomic E-state index is -0.329. The van der Waals surface area contributed by atoms with Gasteiger partial charge < -0.3 is 15.1 Å². The van der Waals surface area contributed by atoms with Gasteiger partial charge in [-0.25, -0.2) is 9.67 Å². The quantitative estimate of drug-likeness (QED) is 0.504. The van der Waals surface area contributed by atoms with Crippen molar-refractivity contribution in [1.29, 1.82) is 0 Å². The van der Waals surface area contributed by atoms with E-state index in [1.165, 1.54) is 5.69 Å². The van der Waals surface area contributed by atoms with Gasteiger partial charge in [-0.1, -0.05) is 24.3 Å². The predicted octanol–water partition coefficient (Wildman–Crippen LogP) is 4.00. The molecule has 1 fully saturated rings. The average Bonchev–Trinajstić information content (AvgIpc) is 3.51. The molecule has 2 aromatic heterocycles. The lowest BCUT2D eigenvalue weighted by Gasteiger charge is -2.34. The number of aromatic nitrogens is 3. The van der Waals surface area contributed by atoms with Crippen LogP contribution in [0, 0.1) is 0 Å².